The number of nitrogens with one attached hydrogen (secondary N) is 2. The Morgan fingerprint density at radius 2 is 2.12 bits per heavy atom. The lowest BCUT2D eigenvalue weighted by molar-refractivity contribution is -0.113. The number of carbonyl (C=O) groups excluding carboxylic acids is 1. The summed E-state index contributed by atoms with van der Waals surface area (Å²) in [6.45, 7) is 0.333. The Hall–Kier alpha value is -2.47. The smallest absolute Gasteiger partial charge is 0.272 e. The van der Waals surface area contributed by atoms with E-state index < -0.39 is 22.9 Å². The van der Waals surface area contributed by atoms with E-state index in [1.165, 1.54) is 18.2 Å². The first-order valence-corrected chi connectivity index (χ1v) is 11.1. The molecule has 0 spiro atoms. The highest BCUT2D eigenvalue weighted by atomic mass is 32.2. The summed E-state index contributed by atoms with van der Waals surface area (Å²) in [5.41, 5.74) is 7.46. The molecule has 0 radical (unpaired) electrons. The van der Waals surface area contributed by atoms with Crippen molar-refractivity contribution in [2.45, 2.75) is 36.5 Å². The van der Waals surface area contributed by atoms with Crippen LogP contribution in [-0.4, -0.2) is 41.6 Å². The Balaban J connectivity index is 1.46. The fraction of sp³-hybridized carbons (Fsp3) is 0.429. The predicted molar refractivity (Wildman–Crippen MR) is 116 cm³/mol. The van der Waals surface area contributed by atoms with E-state index in [0.717, 1.165) is 11.8 Å². The van der Waals surface area contributed by atoms with E-state index in [1.54, 1.807) is 30.4 Å². The lowest BCUT2D eigenvalue weighted by atomic mass is 10.0. The minimum atomic E-state index is -0.733. The van der Waals surface area contributed by atoms with Crippen LogP contribution in [0.2, 0.25) is 0 Å². The van der Waals surface area contributed by atoms with Crippen molar-refractivity contribution >= 4 is 23.4 Å². The molecule has 1 fully saturated rings. The van der Waals surface area contributed by atoms with Crippen LogP contribution in [-0.2, 0) is 21.3 Å². The van der Waals surface area contributed by atoms with Crippen LogP contribution in [0.5, 0.6) is 0 Å². The molecule has 1 saturated heterocycles. The highest BCUT2D eigenvalue weighted by Crippen LogP contribution is 2.37. The molecular formula is C21H25F2N5O3S. The largest absolute Gasteiger partial charge is 0.377 e. The summed E-state index contributed by atoms with van der Waals surface area (Å²) >= 11 is 1.13. The average molecular weight is 466 g/mol. The first kappa shape index (κ1) is 22.7. The zero-order chi connectivity index (χ0) is 22.8. The van der Waals surface area contributed by atoms with Crippen LogP contribution in [0.1, 0.15) is 35.6 Å². The molecule has 3 heterocycles. The number of aromatic nitrogens is 2. The summed E-state index contributed by atoms with van der Waals surface area (Å²) in [5.74, 6) is -1.78. The molecule has 1 aromatic heterocycles. The average Bonchev–Trinajstić information content (AvgIpc) is 3.33. The summed E-state index contributed by atoms with van der Waals surface area (Å²) in [6, 6.07) is 3.54. The van der Waals surface area contributed by atoms with Gasteiger partial charge in [0.05, 0.1) is 35.9 Å². The van der Waals surface area contributed by atoms with Gasteiger partial charge in [0.2, 0.25) is 0 Å². The summed E-state index contributed by atoms with van der Waals surface area (Å²) in [6.07, 6.45) is 2.37. The van der Waals surface area contributed by atoms with Crippen molar-refractivity contribution in [1.29, 1.82) is 0 Å². The number of hydrogen-bond acceptors (Lipinski definition) is 7. The van der Waals surface area contributed by atoms with Crippen molar-refractivity contribution < 1.29 is 23.0 Å². The van der Waals surface area contributed by atoms with Crippen LogP contribution >= 0.6 is 11.8 Å². The third kappa shape index (κ3) is 4.51. The van der Waals surface area contributed by atoms with Gasteiger partial charge in [-0.05, 0) is 25.0 Å². The Kier molecular flexibility index (Phi) is 6.79. The molecular weight excluding hydrogens is 440 g/mol. The van der Waals surface area contributed by atoms with E-state index in [1.807, 2.05) is 0 Å². The summed E-state index contributed by atoms with van der Waals surface area (Å²) in [5, 5.41) is 10.8. The van der Waals surface area contributed by atoms with E-state index in [-0.39, 0.29) is 29.5 Å². The number of thioether (sulfide) groups is 1. The van der Waals surface area contributed by atoms with Gasteiger partial charge in [0.15, 0.2) is 0 Å². The number of ether oxygens (including phenoxy) is 2. The zero-order valence-electron chi connectivity index (χ0n) is 17.7. The third-order valence-corrected chi connectivity index (χ3v) is 6.65. The van der Waals surface area contributed by atoms with Gasteiger partial charge in [-0.2, -0.15) is 5.10 Å². The minimum Gasteiger partial charge on any atom is -0.377 e. The summed E-state index contributed by atoms with van der Waals surface area (Å²) in [4.78, 5) is 12.9. The molecule has 8 nitrogen and oxygen atoms in total. The molecule has 2 aliphatic rings. The standard InChI is InChI=1S/C21H25F2N5O3S/c1-28-19(16-7-6-13(24)17(30-2)9-31-16)14(8-25-28)26-20(29)15-10-32-21(27-15)18-11(22)4-3-5-12(18)23/h3-5,8,10,13,16-17,21,27H,6-7,9,24H2,1-2H3,(H,26,29)/t13-,16+,17+,21?/m1/s1. The second-order valence-corrected chi connectivity index (χ2v) is 8.67. The molecule has 32 heavy (non-hydrogen) atoms. The van der Waals surface area contributed by atoms with Crippen LogP contribution in [0, 0.1) is 11.6 Å². The molecule has 2 aliphatic heterocycles. The Bertz CT molecular complexity index is 1010. The normalized spacial score (nSPS) is 25.7. The maximum Gasteiger partial charge on any atom is 0.272 e. The quantitative estimate of drug-likeness (QED) is 0.624. The predicted octanol–water partition coefficient (Wildman–Crippen LogP) is 2.71. The van der Waals surface area contributed by atoms with Crippen LogP contribution < -0.4 is 16.4 Å². The van der Waals surface area contributed by atoms with Gasteiger partial charge in [0.25, 0.3) is 5.91 Å². The van der Waals surface area contributed by atoms with Gasteiger partial charge in [-0.3, -0.25) is 9.48 Å². The maximum absolute atomic E-state index is 14.1. The first-order valence-electron chi connectivity index (χ1n) is 10.2. The molecule has 1 unspecified atom stereocenters. The monoisotopic (exact) mass is 465 g/mol. The number of aryl methyl sites for hydroxylation is 1. The number of nitrogens with zero attached hydrogens (tertiary/aromatic N) is 2. The van der Waals surface area contributed by atoms with Gasteiger partial charge in [0.1, 0.15) is 28.8 Å². The van der Waals surface area contributed by atoms with Gasteiger partial charge in [-0.1, -0.05) is 6.07 Å². The molecule has 0 aliphatic carbocycles. The van der Waals surface area contributed by atoms with Crippen molar-refractivity contribution in [3.05, 3.63) is 58.4 Å². The van der Waals surface area contributed by atoms with Gasteiger partial charge >= 0.3 is 0 Å². The molecule has 1 aromatic carbocycles. The van der Waals surface area contributed by atoms with Crippen LogP contribution in [0.25, 0.3) is 0 Å². The van der Waals surface area contributed by atoms with Crippen molar-refractivity contribution in [3.63, 3.8) is 0 Å². The molecule has 172 valence electrons. The molecule has 11 heteroatoms. The van der Waals surface area contributed by atoms with Crippen molar-refractivity contribution in [1.82, 2.24) is 15.1 Å². The molecule has 2 aromatic rings. The zero-order valence-corrected chi connectivity index (χ0v) is 18.5. The Labute approximate surface area is 188 Å². The van der Waals surface area contributed by atoms with E-state index in [2.05, 4.69) is 15.7 Å². The van der Waals surface area contributed by atoms with Gasteiger partial charge in [0, 0.05) is 25.6 Å². The lowest BCUT2D eigenvalue weighted by Gasteiger charge is -2.19. The number of nitrogens with two attached hydrogens (primary N) is 1. The number of carbonyl (C=O) groups is 1. The molecule has 1 amide bonds. The molecule has 4 atom stereocenters. The van der Waals surface area contributed by atoms with Crippen molar-refractivity contribution in [2.75, 3.05) is 19.0 Å². The third-order valence-electron chi connectivity index (χ3n) is 5.66. The maximum atomic E-state index is 14.1. The number of anilines is 1. The van der Waals surface area contributed by atoms with Gasteiger partial charge in [-0.25, -0.2) is 8.78 Å². The number of halogens is 2. The van der Waals surface area contributed by atoms with Crippen LogP contribution in [0.4, 0.5) is 14.5 Å². The lowest BCUT2D eigenvalue weighted by Crippen LogP contribution is -2.37. The fourth-order valence-corrected chi connectivity index (χ4v) is 4.89. The van der Waals surface area contributed by atoms with Crippen molar-refractivity contribution in [2.24, 2.45) is 12.8 Å². The SMILES string of the molecule is CO[C@H]1CO[C@H](c2c(NC(=O)C3=CSC(c4c(F)cccc4F)N3)cnn2C)CC[C@H]1N. The van der Waals surface area contributed by atoms with Crippen LogP contribution in [0.15, 0.2) is 35.5 Å². The van der Waals surface area contributed by atoms with Crippen molar-refractivity contribution in [3.8, 4) is 0 Å². The highest BCUT2D eigenvalue weighted by molar-refractivity contribution is 8.02. The first-order chi connectivity index (χ1) is 15.4. The van der Waals surface area contributed by atoms with Crippen LogP contribution in [0.3, 0.4) is 0 Å². The minimum absolute atomic E-state index is 0.116. The molecule has 4 rings (SSSR count). The molecule has 4 N–H and O–H groups in total. The van der Waals surface area contributed by atoms with E-state index >= 15 is 0 Å². The van der Waals surface area contributed by atoms with Gasteiger partial charge in [-0.15, -0.1) is 11.8 Å². The topological polar surface area (TPSA) is 103 Å². The fourth-order valence-electron chi connectivity index (χ4n) is 3.89. The number of hydrogen-bond donors (Lipinski definition) is 3. The molecule has 0 bridgehead atoms. The summed E-state index contributed by atoms with van der Waals surface area (Å²) in [7, 11) is 3.37. The number of amides is 1. The second kappa shape index (κ2) is 9.57. The highest BCUT2D eigenvalue weighted by Gasteiger charge is 2.31. The van der Waals surface area contributed by atoms with E-state index in [9.17, 15) is 13.6 Å². The van der Waals surface area contributed by atoms with E-state index in [4.69, 9.17) is 15.2 Å². The van der Waals surface area contributed by atoms with E-state index in [0.29, 0.717) is 30.8 Å². The molecule has 0 saturated carbocycles. The Morgan fingerprint density at radius 3 is 2.84 bits per heavy atom. The van der Waals surface area contributed by atoms with Gasteiger partial charge < -0.3 is 25.8 Å². The number of methoxy groups -OCH3 is 1. The summed E-state index contributed by atoms with van der Waals surface area (Å²) < 4.78 is 41.2. The Morgan fingerprint density at radius 1 is 1.38 bits per heavy atom. The second-order valence-electron chi connectivity index (χ2n) is 7.69. The number of rotatable bonds is 5. The number of benzene rings is 1.